The predicted octanol–water partition coefficient (Wildman–Crippen LogP) is 3.49. The van der Waals surface area contributed by atoms with Crippen molar-refractivity contribution in [1.29, 1.82) is 0 Å². The number of benzene rings is 1. The van der Waals surface area contributed by atoms with Crippen LogP contribution in [0.15, 0.2) is 30.6 Å². The van der Waals surface area contributed by atoms with Crippen LogP contribution < -0.4 is 20.1 Å². The molecule has 2 aromatic rings. The lowest BCUT2D eigenvalue weighted by Crippen LogP contribution is -2.23. The molecule has 1 aliphatic rings. The molecule has 0 aliphatic heterocycles. The van der Waals surface area contributed by atoms with Crippen molar-refractivity contribution in [3.63, 3.8) is 0 Å². The third kappa shape index (κ3) is 4.41. The topological polar surface area (TPSA) is 85.4 Å². The smallest absolute Gasteiger partial charge is 0.258 e. The van der Waals surface area contributed by atoms with Gasteiger partial charge in [0.25, 0.3) is 5.91 Å². The summed E-state index contributed by atoms with van der Waals surface area (Å²) in [6, 6.07) is 5.62. The monoisotopic (exact) mass is 356 g/mol. The van der Waals surface area contributed by atoms with Gasteiger partial charge in [-0.15, -0.1) is 0 Å². The van der Waals surface area contributed by atoms with Crippen LogP contribution in [0.5, 0.6) is 11.5 Å². The summed E-state index contributed by atoms with van der Waals surface area (Å²) < 4.78 is 10.4. The molecule has 0 unspecified atom stereocenters. The first-order chi connectivity index (χ1) is 12.7. The Kier molecular flexibility index (Phi) is 5.88. The molecule has 3 rings (SSSR count). The number of amides is 1. The molecule has 7 nitrogen and oxygen atoms in total. The molecule has 1 aromatic heterocycles. The van der Waals surface area contributed by atoms with E-state index in [9.17, 15) is 4.79 Å². The van der Waals surface area contributed by atoms with Gasteiger partial charge in [-0.05, 0) is 25.0 Å². The molecule has 0 atom stereocenters. The van der Waals surface area contributed by atoms with Crippen molar-refractivity contribution in [1.82, 2.24) is 9.97 Å². The van der Waals surface area contributed by atoms with Crippen molar-refractivity contribution in [3.05, 3.63) is 36.2 Å². The first kappa shape index (κ1) is 18.0. The van der Waals surface area contributed by atoms with E-state index in [4.69, 9.17) is 9.47 Å². The molecule has 0 saturated heterocycles. The van der Waals surface area contributed by atoms with Gasteiger partial charge in [0, 0.05) is 24.5 Å². The molecule has 1 heterocycles. The van der Waals surface area contributed by atoms with Crippen LogP contribution in [0.2, 0.25) is 0 Å². The zero-order valence-corrected chi connectivity index (χ0v) is 15.1. The summed E-state index contributed by atoms with van der Waals surface area (Å²) in [5.74, 6) is 1.45. The highest BCUT2D eigenvalue weighted by molar-refractivity contribution is 6.04. The summed E-state index contributed by atoms with van der Waals surface area (Å²) in [4.78, 5) is 21.0. The van der Waals surface area contributed by atoms with E-state index >= 15 is 0 Å². The predicted molar refractivity (Wildman–Crippen MR) is 100 cm³/mol. The van der Waals surface area contributed by atoms with Gasteiger partial charge in [0.1, 0.15) is 11.5 Å². The third-order valence-electron chi connectivity index (χ3n) is 4.51. The number of carbonyl (C=O) groups is 1. The van der Waals surface area contributed by atoms with Crippen LogP contribution in [-0.4, -0.2) is 36.1 Å². The fourth-order valence-corrected chi connectivity index (χ4v) is 3.05. The first-order valence-electron chi connectivity index (χ1n) is 8.81. The van der Waals surface area contributed by atoms with Crippen LogP contribution in [0.4, 0.5) is 11.6 Å². The van der Waals surface area contributed by atoms with Gasteiger partial charge in [-0.25, -0.2) is 9.97 Å². The maximum Gasteiger partial charge on any atom is 0.258 e. The average Bonchev–Trinajstić information content (AvgIpc) is 2.69. The Morgan fingerprint density at radius 2 is 1.81 bits per heavy atom. The fraction of sp³-hybridized carbons (Fsp3) is 0.421. The average molecular weight is 356 g/mol. The Hall–Kier alpha value is -2.83. The molecule has 26 heavy (non-hydrogen) atoms. The normalized spacial score (nSPS) is 14.5. The zero-order chi connectivity index (χ0) is 18.4. The second-order valence-corrected chi connectivity index (χ2v) is 6.29. The maximum atomic E-state index is 12.4. The molecule has 0 spiro atoms. The van der Waals surface area contributed by atoms with Crippen molar-refractivity contribution in [2.24, 2.45) is 0 Å². The summed E-state index contributed by atoms with van der Waals surface area (Å²) in [5.41, 5.74) is 0.944. The van der Waals surface area contributed by atoms with Crippen molar-refractivity contribution in [2.75, 3.05) is 24.9 Å². The SMILES string of the molecule is COc1ccc(NC(=O)c2cnc(NC3CCCCC3)nc2)c(OC)c1. The Morgan fingerprint density at radius 1 is 1.08 bits per heavy atom. The fourth-order valence-electron chi connectivity index (χ4n) is 3.05. The summed E-state index contributed by atoms with van der Waals surface area (Å²) in [6.07, 6.45) is 9.12. The van der Waals surface area contributed by atoms with E-state index in [-0.39, 0.29) is 5.91 Å². The van der Waals surface area contributed by atoms with E-state index in [1.54, 1.807) is 32.4 Å². The number of aromatic nitrogens is 2. The van der Waals surface area contributed by atoms with Gasteiger partial charge in [0.2, 0.25) is 5.95 Å². The van der Waals surface area contributed by atoms with Gasteiger partial charge < -0.3 is 20.1 Å². The molecule has 1 amide bonds. The number of hydrogen-bond donors (Lipinski definition) is 2. The minimum Gasteiger partial charge on any atom is -0.497 e. The van der Waals surface area contributed by atoms with Gasteiger partial charge in [-0.2, -0.15) is 0 Å². The van der Waals surface area contributed by atoms with Crippen molar-refractivity contribution in [3.8, 4) is 11.5 Å². The minimum absolute atomic E-state index is 0.294. The van der Waals surface area contributed by atoms with E-state index in [1.807, 2.05) is 0 Å². The van der Waals surface area contributed by atoms with E-state index in [2.05, 4.69) is 20.6 Å². The van der Waals surface area contributed by atoms with Gasteiger partial charge in [0.05, 0.1) is 25.5 Å². The number of anilines is 2. The number of ether oxygens (including phenoxy) is 2. The molecule has 1 aromatic carbocycles. The molecule has 0 bridgehead atoms. The van der Waals surface area contributed by atoms with Gasteiger partial charge >= 0.3 is 0 Å². The third-order valence-corrected chi connectivity index (χ3v) is 4.51. The number of nitrogens with one attached hydrogen (secondary N) is 2. The lowest BCUT2D eigenvalue weighted by Gasteiger charge is -2.22. The molecular formula is C19H24N4O3. The van der Waals surface area contributed by atoms with E-state index in [1.165, 1.54) is 31.7 Å². The van der Waals surface area contributed by atoms with Crippen molar-refractivity contribution >= 4 is 17.5 Å². The number of rotatable bonds is 6. The number of methoxy groups -OCH3 is 2. The molecule has 2 N–H and O–H groups in total. The second kappa shape index (κ2) is 8.51. The molecule has 1 aliphatic carbocycles. The summed E-state index contributed by atoms with van der Waals surface area (Å²) in [5, 5.41) is 6.15. The highest BCUT2D eigenvalue weighted by Crippen LogP contribution is 2.29. The maximum absolute atomic E-state index is 12.4. The highest BCUT2D eigenvalue weighted by atomic mass is 16.5. The van der Waals surface area contributed by atoms with Crippen LogP contribution in [0.3, 0.4) is 0 Å². The van der Waals surface area contributed by atoms with Crippen LogP contribution in [0, 0.1) is 0 Å². The van der Waals surface area contributed by atoms with Crippen LogP contribution in [0.25, 0.3) is 0 Å². The standard InChI is InChI=1S/C19H24N4O3/c1-25-15-8-9-16(17(10-15)26-2)23-18(24)13-11-20-19(21-12-13)22-14-6-4-3-5-7-14/h8-12,14H,3-7H2,1-2H3,(H,23,24)(H,20,21,22). The van der Waals surface area contributed by atoms with E-state index in [0.717, 1.165) is 12.8 Å². The molecule has 1 fully saturated rings. The number of carbonyl (C=O) groups excluding carboxylic acids is 1. The molecular weight excluding hydrogens is 332 g/mol. The van der Waals surface area contributed by atoms with Crippen molar-refractivity contribution in [2.45, 2.75) is 38.1 Å². The Labute approximate surface area is 153 Å². The molecule has 138 valence electrons. The number of nitrogens with zero attached hydrogens (tertiary/aromatic N) is 2. The Morgan fingerprint density at radius 3 is 2.46 bits per heavy atom. The van der Waals surface area contributed by atoms with Crippen molar-refractivity contribution < 1.29 is 14.3 Å². The lowest BCUT2D eigenvalue weighted by molar-refractivity contribution is 0.102. The summed E-state index contributed by atoms with van der Waals surface area (Å²) >= 11 is 0. The number of hydrogen-bond acceptors (Lipinski definition) is 6. The van der Waals surface area contributed by atoms with E-state index in [0.29, 0.717) is 34.7 Å². The quantitative estimate of drug-likeness (QED) is 0.824. The molecule has 0 radical (unpaired) electrons. The summed E-state index contributed by atoms with van der Waals surface area (Å²) in [7, 11) is 3.12. The van der Waals surface area contributed by atoms with Crippen LogP contribution in [0.1, 0.15) is 42.5 Å². The first-order valence-corrected chi connectivity index (χ1v) is 8.81. The molecule has 1 saturated carbocycles. The second-order valence-electron chi connectivity index (χ2n) is 6.29. The van der Waals surface area contributed by atoms with Crippen LogP contribution >= 0.6 is 0 Å². The summed E-state index contributed by atoms with van der Waals surface area (Å²) in [6.45, 7) is 0. The van der Waals surface area contributed by atoms with Gasteiger partial charge in [0.15, 0.2) is 0 Å². The Bertz CT molecular complexity index is 743. The highest BCUT2D eigenvalue weighted by Gasteiger charge is 2.15. The minimum atomic E-state index is -0.294. The van der Waals surface area contributed by atoms with Crippen LogP contribution in [-0.2, 0) is 0 Å². The zero-order valence-electron chi connectivity index (χ0n) is 15.1. The molecule has 7 heteroatoms. The van der Waals surface area contributed by atoms with Gasteiger partial charge in [-0.3, -0.25) is 4.79 Å². The van der Waals surface area contributed by atoms with E-state index < -0.39 is 0 Å². The Balaban J connectivity index is 1.64. The lowest BCUT2D eigenvalue weighted by atomic mass is 9.96. The largest absolute Gasteiger partial charge is 0.497 e. The van der Waals surface area contributed by atoms with Gasteiger partial charge in [-0.1, -0.05) is 19.3 Å².